The van der Waals surface area contributed by atoms with Crippen LogP contribution in [0.2, 0.25) is 0 Å². The van der Waals surface area contributed by atoms with Gasteiger partial charge in [0.2, 0.25) is 5.91 Å². The van der Waals surface area contributed by atoms with E-state index in [1.165, 1.54) is 6.92 Å². The molecule has 0 spiro atoms. The summed E-state index contributed by atoms with van der Waals surface area (Å²) in [6.07, 6.45) is 0. The van der Waals surface area contributed by atoms with E-state index in [0.717, 1.165) is 22.6 Å². The third-order valence-electron chi connectivity index (χ3n) is 4.36. The molecule has 0 unspecified atom stereocenters. The molecular weight excluding hydrogens is 342 g/mol. The van der Waals surface area contributed by atoms with Crippen molar-refractivity contribution in [2.45, 2.75) is 19.8 Å². The van der Waals surface area contributed by atoms with Gasteiger partial charge >= 0.3 is 0 Å². The van der Waals surface area contributed by atoms with Crippen LogP contribution in [0.1, 0.15) is 35.5 Å². The fourth-order valence-corrected chi connectivity index (χ4v) is 3.18. The number of rotatable bonds is 6. The summed E-state index contributed by atoms with van der Waals surface area (Å²) in [4.78, 5) is 11.8. The van der Waals surface area contributed by atoms with Crippen LogP contribution in [-0.4, -0.2) is 20.1 Å². The molecule has 0 saturated heterocycles. The second-order valence-electron chi connectivity index (χ2n) is 6.27. The molecule has 3 aromatic rings. The Morgan fingerprint density at radius 1 is 1.00 bits per heavy atom. The summed E-state index contributed by atoms with van der Waals surface area (Å²) < 4.78 is 16.9. The molecule has 0 aliphatic rings. The van der Waals surface area contributed by atoms with Gasteiger partial charge in [0, 0.05) is 18.7 Å². The molecule has 0 aliphatic carbocycles. The molecule has 5 heteroatoms. The SMILES string of the molecule is COc1cc(NC(C)=O)c([C@H](c2ccccc2)c2ccc(C)o2)cc1OC. The van der Waals surface area contributed by atoms with Crippen molar-refractivity contribution in [1.29, 1.82) is 0 Å². The molecule has 1 amide bonds. The number of ether oxygens (including phenoxy) is 2. The Bertz CT molecular complexity index is 931. The first kappa shape index (κ1) is 18.6. The first-order valence-corrected chi connectivity index (χ1v) is 8.68. The van der Waals surface area contributed by atoms with Crippen LogP contribution in [0, 0.1) is 6.92 Å². The minimum absolute atomic E-state index is 0.161. The normalized spacial score (nSPS) is 11.7. The fraction of sp³-hybridized carbons (Fsp3) is 0.227. The average Bonchev–Trinajstić information content (AvgIpc) is 3.09. The van der Waals surface area contributed by atoms with Gasteiger partial charge in [-0.3, -0.25) is 4.79 Å². The van der Waals surface area contributed by atoms with Gasteiger partial charge in [0.15, 0.2) is 11.5 Å². The van der Waals surface area contributed by atoms with Crippen molar-refractivity contribution in [1.82, 2.24) is 0 Å². The quantitative estimate of drug-likeness (QED) is 0.685. The highest BCUT2D eigenvalue weighted by Crippen LogP contribution is 2.42. The molecule has 0 fully saturated rings. The second-order valence-corrected chi connectivity index (χ2v) is 6.27. The Labute approximate surface area is 158 Å². The number of carbonyl (C=O) groups is 1. The van der Waals surface area contributed by atoms with Crippen LogP contribution >= 0.6 is 0 Å². The number of anilines is 1. The summed E-state index contributed by atoms with van der Waals surface area (Å²) in [5.41, 5.74) is 2.57. The van der Waals surface area contributed by atoms with Gasteiger partial charge in [-0.2, -0.15) is 0 Å². The van der Waals surface area contributed by atoms with E-state index in [2.05, 4.69) is 5.32 Å². The smallest absolute Gasteiger partial charge is 0.221 e. The van der Waals surface area contributed by atoms with Crippen LogP contribution in [0.4, 0.5) is 5.69 Å². The topological polar surface area (TPSA) is 60.7 Å². The summed E-state index contributed by atoms with van der Waals surface area (Å²) in [6, 6.07) is 17.6. The van der Waals surface area contributed by atoms with Crippen molar-refractivity contribution >= 4 is 11.6 Å². The number of benzene rings is 2. The van der Waals surface area contributed by atoms with Gasteiger partial charge in [-0.1, -0.05) is 30.3 Å². The molecule has 1 N–H and O–H groups in total. The molecule has 27 heavy (non-hydrogen) atoms. The molecule has 0 aliphatic heterocycles. The molecule has 0 bridgehead atoms. The van der Waals surface area contributed by atoms with Crippen molar-refractivity contribution in [2.24, 2.45) is 0 Å². The third-order valence-corrected chi connectivity index (χ3v) is 4.36. The highest BCUT2D eigenvalue weighted by atomic mass is 16.5. The Morgan fingerprint density at radius 3 is 2.22 bits per heavy atom. The molecule has 140 valence electrons. The Morgan fingerprint density at radius 2 is 1.67 bits per heavy atom. The largest absolute Gasteiger partial charge is 0.493 e. The van der Waals surface area contributed by atoms with Gasteiger partial charge in [-0.05, 0) is 36.2 Å². The predicted molar refractivity (Wildman–Crippen MR) is 105 cm³/mol. The number of aryl methyl sites for hydroxylation is 1. The van der Waals surface area contributed by atoms with Crippen molar-refractivity contribution in [2.75, 3.05) is 19.5 Å². The second kappa shape index (κ2) is 7.99. The van der Waals surface area contributed by atoms with E-state index in [1.54, 1.807) is 20.3 Å². The minimum Gasteiger partial charge on any atom is -0.493 e. The maximum Gasteiger partial charge on any atom is 0.221 e. The highest BCUT2D eigenvalue weighted by Gasteiger charge is 2.25. The zero-order valence-electron chi connectivity index (χ0n) is 15.9. The number of hydrogen-bond donors (Lipinski definition) is 1. The molecule has 0 saturated carbocycles. The number of hydrogen-bond acceptors (Lipinski definition) is 4. The number of carbonyl (C=O) groups excluding carboxylic acids is 1. The van der Waals surface area contributed by atoms with E-state index in [9.17, 15) is 4.79 Å². The van der Waals surface area contributed by atoms with E-state index >= 15 is 0 Å². The monoisotopic (exact) mass is 365 g/mol. The molecule has 1 aromatic heterocycles. The van der Waals surface area contributed by atoms with Crippen LogP contribution in [0.5, 0.6) is 11.5 Å². The molecule has 1 heterocycles. The Kier molecular flexibility index (Phi) is 5.50. The van der Waals surface area contributed by atoms with Gasteiger partial charge in [0.25, 0.3) is 0 Å². The molecule has 0 radical (unpaired) electrons. The summed E-state index contributed by atoms with van der Waals surface area (Å²) in [5.74, 6) is 2.38. The van der Waals surface area contributed by atoms with E-state index in [4.69, 9.17) is 13.9 Å². The number of methoxy groups -OCH3 is 2. The number of amides is 1. The van der Waals surface area contributed by atoms with E-state index in [-0.39, 0.29) is 11.8 Å². The average molecular weight is 365 g/mol. The maximum atomic E-state index is 11.8. The van der Waals surface area contributed by atoms with Crippen molar-refractivity contribution in [3.05, 3.63) is 77.2 Å². The van der Waals surface area contributed by atoms with Gasteiger partial charge in [-0.25, -0.2) is 0 Å². The lowest BCUT2D eigenvalue weighted by atomic mass is 9.87. The first-order valence-electron chi connectivity index (χ1n) is 8.68. The van der Waals surface area contributed by atoms with Crippen LogP contribution < -0.4 is 14.8 Å². The molecule has 3 rings (SSSR count). The van der Waals surface area contributed by atoms with Gasteiger partial charge in [0.1, 0.15) is 11.5 Å². The molecule has 5 nitrogen and oxygen atoms in total. The van der Waals surface area contributed by atoms with Gasteiger partial charge in [-0.15, -0.1) is 0 Å². The molecule has 2 aromatic carbocycles. The summed E-state index contributed by atoms with van der Waals surface area (Å²) in [5, 5.41) is 2.91. The maximum absolute atomic E-state index is 11.8. The Hall–Kier alpha value is -3.21. The van der Waals surface area contributed by atoms with Crippen LogP contribution in [0.15, 0.2) is 59.0 Å². The van der Waals surface area contributed by atoms with Gasteiger partial charge < -0.3 is 19.2 Å². The van der Waals surface area contributed by atoms with Crippen LogP contribution in [0.25, 0.3) is 0 Å². The summed E-state index contributed by atoms with van der Waals surface area (Å²) >= 11 is 0. The molecular formula is C22H23NO4. The van der Waals surface area contributed by atoms with Crippen molar-refractivity contribution < 1.29 is 18.7 Å². The number of nitrogens with one attached hydrogen (secondary N) is 1. The zero-order chi connectivity index (χ0) is 19.4. The lowest BCUT2D eigenvalue weighted by molar-refractivity contribution is -0.114. The summed E-state index contributed by atoms with van der Waals surface area (Å²) in [6.45, 7) is 3.39. The van der Waals surface area contributed by atoms with Crippen molar-refractivity contribution in [3.8, 4) is 11.5 Å². The van der Waals surface area contributed by atoms with E-state index in [1.807, 2.05) is 55.5 Å². The summed E-state index contributed by atoms with van der Waals surface area (Å²) in [7, 11) is 3.16. The highest BCUT2D eigenvalue weighted by molar-refractivity contribution is 5.90. The van der Waals surface area contributed by atoms with E-state index in [0.29, 0.717) is 17.2 Å². The minimum atomic E-state index is -0.207. The van der Waals surface area contributed by atoms with Crippen LogP contribution in [-0.2, 0) is 4.79 Å². The van der Waals surface area contributed by atoms with Crippen molar-refractivity contribution in [3.63, 3.8) is 0 Å². The van der Waals surface area contributed by atoms with Gasteiger partial charge in [0.05, 0.1) is 20.1 Å². The standard InChI is InChI=1S/C22H23NO4/c1-14-10-11-19(27-14)22(16-8-6-5-7-9-16)17-12-20(25-3)21(26-4)13-18(17)23-15(2)24/h5-13,22H,1-4H3,(H,23,24)/t22-/m0/s1. The third kappa shape index (κ3) is 3.97. The lowest BCUT2D eigenvalue weighted by Gasteiger charge is -2.22. The fourth-order valence-electron chi connectivity index (χ4n) is 3.18. The predicted octanol–water partition coefficient (Wildman–Crippen LogP) is 4.74. The lowest BCUT2D eigenvalue weighted by Crippen LogP contribution is -2.12. The van der Waals surface area contributed by atoms with Crippen LogP contribution in [0.3, 0.4) is 0 Å². The first-order chi connectivity index (χ1) is 13.0. The van der Waals surface area contributed by atoms with E-state index < -0.39 is 0 Å². The zero-order valence-corrected chi connectivity index (χ0v) is 15.9. The molecule has 1 atom stereocenters. The number of furan rings is 1. The Balaban J connectivity index is 2.25.